The van der Waals surface area contributed by atoms with Gasteiger partial charge in [-0.15, -0.1) is 11.8 Å². The smallest absolute Gasteiger partial charge is 0.330 e. The highest BCUT2D eigenvalue weighted by Gasteiger charge is 2.70. The van der Waals surface area contributed by atoms with E-state index < -0.39 is 22.3 Å². The number of fused-ring (bicyclic) bond motifs is 1. The molecule has 1 aromatic carbocycles. The van der Waals surface area contributed by atoms with Gasteiger partial charge in [0, 0.05) is 4.75 Å². The molecule has 0 saturated carbocycles. The number of carbonyl (C=O) groups is 3. The molecule has 0 bridgehead atoms. The second-order valence-corrected chi connectivity index (χ2v) is 8.55. The number of nitrogens with zero attached hydrogens (tertiary/aromatic N) is 1. The molecular weight excluding hydrogens is 328 g/mol. The van der Waals surface area contributed by atoms with Crippen molar-refractivity contribution in [2.75, 3.05) is 0 Å². The minimum atomic E-state index is -1.28. The summed E-state index contributed by atoms with van der Waals surface area (Å²) in [5, 5.41) is 12.0. The van der Waals surface area contributed by atoms with Crippen LogP contribution in [0.25, 0.3) is 0 Å². The summed E-state index contributed by atoms with van der Waals surface area (Å²) < 4.78 is -0.641. The Bertz CT molecular complexity index is 706. The molecule has 3 atom stereocenters. The third-order valence-electron chi connectivity index (χ3n) is 5.05. The predicted octanol–water partition coefficient (Wildman–Crippen LogP) is 1.25. The number of amides is 2. The second-order valence-electron chi connectivity index (χ2n) is 6.81. The van der Waals surface area contributed by atoms with Crippen molar-refractivity contribution in [3.8, 4) is 0 Å². The summed E-state index contributed by atoms with van der Waals surface area (Å²) in [4.78, 5) is 37.8. The van der Waals surface area contributed by atoms with E-state index in [0.29, 0.717) is 0 Å². The lowest BCUT2D eigenvalue weighted by Gasteiger charge is -2.48. The van der Waals surface area contributed by atoms with Gasteiger partial charge in [-0.05, 0) is 26.3 Å². The summed E-state index contributed by atoms with van der Waals surface area (Å²) in [5.74, 6) is -1.59. The van der Waals surface area contributed by atoms with Crippen LogP contribution >= 0.6 is 11.8 Å². The molecule has 0 radical (unpaired) electrons. The summed E-state index contributed by atoms with van der Waals surface area (Å²) in [6.07, 6.45) is 0.196. The Kier molecular flexibility index (Phi) is 3.86. The van der Waals surface area contributed by atoms with Gasteiger partial charge < -0.3 is 15.3 Å². The van der Waals surface area contributed by atoms with E-state index in [-0.39, 0.29) is 23.6 Å². The van der Waals surface area contributed by atoms with Gasteiger partial charge in [-0.2, -0.15) is 0 Å². The molecule has 0 aromatic heterocycles. The van der Waals surface area contributed by atoms with Gasteiger partial charge >= 0.3 is 5.97 Å². The number of β-lactam (4-membered cyclic amide) rings is 1. The number of rotatable bonds is 4. The average molecular weight is 348 g/mol. The lowest BCUT2D eigenvalue weighted by Crippen LogP contribution is -2.74. The zero-order chi connectivity index (χ0) is 17.7. The van der Waals surface area contributed by atoms with Crippen molar-refractivity contribution in [3.05, 3.63) is 35.9 Å². The molecule has 128 valence electrons. The number of carboxylic acid groups (broad SMARTS) is 1. The first kappa shape index (κ1) is 16.8. The molecule has 2 aliphatic heterocycles. The molecule has 2 fully saturated rings. The largest absolute Gasteiger partial charge is 0.479 e. The number of hydrogen-bond acceptors (Lipinski definition) is 4. The van der Waals surface area contributed by atoms with E-state index in [4.69, 9.17) is 0 Å². The van der Waals surface area contributed by atoms with E-state index in [1.807, 2.05) is 44.2 Å². The molecule has 1 aromatic rings. The summed E-state index contributed by atoms with van der Waals surface area (Å²) in [5.41, 5.74) is -0.409. The van der Waals surface area contributed by atoms with Gasteiger partial charge in [-0.1, -0.05) is 30.3 Å². The van der Waals surface area contributed by atoms with E-state index >= 15 is 0 Å². The number of carboxylic acids is 1. The van der Waals surface area contributed by atoms with Gasteiger partial charge in [-0.25, -0.2) is 4.79 Å². The van der Waals surface area contributed by atoms with Crippen molar-refractivity contribution in [1.29, 1.82) is 0 Å². The van der Waals surface area contributed by atoms with E-state index in [0.717, 1.165) is 5.56 Å². The Morgan fingerprint density at radius 1 is 1.25 bits per heavy atom. The quantitative estimate of drug-likeness (QED) is 0.800. The van der Waals surface area contributed by atoms with Crippen LogP contribution in [0.15, 0.2) is 30.3 Å². The Labute approximate surface area is 144 Å². The first-order valence-corrected chi connectivity index (χ1v) is 8.64. The molecule has 0 unspecified atom stereocenters. The first-order chi connectivity index (χ1) is 11.2. The molecule has 2 N–H and O–H groups in total. The maximum Gasteiger partial charge on any atom is 0.330 e. The zero-order valence-electron chi connectivity index (χ0n) is 13.8. The Morgan fingerprint density at radius 3 is 2.46 bits per heavy atom. The number of aliphatic carboxylic acids is 1. The van der Waals surface area contributed by atoms with Crippen LogP contribution in [-0.2, 0) is 20.8 Å². The number of benzene rings is 1. The summed E-state index contributed by atoms with van der Waals surface area (Å²) in [6, 6.07) is 8.62. The molecule has 24 heavy (non-hydrogen) atoms. The van der Waals surface area contributed by atoms with Gasteiger partial charge in [0.1, 0.15) is 11.4 Å². The van der Waals surface area contributed by atoms with Gasteiger partial charge in [0.25, 0.3) is 0 Å². The van der Waals surface area contributed by atoms with Crippen LogP contribution in [0.4, 0.5) is 0 Å². The van der Waals surface area contributed by atoms with Crippen LogP contribution in [0.5, 0.6) is 0 Å². The van der Waals surface area contributed by atoms with Gasteiger partial charge in [0.05, 0.1) is 6.42 Å². The van der Waals surface area contributed by atoms with Gasteiger partial charge in [-0.3, -0.25) is 9.59 Å². The summed E-state index contributed by atoms with van der Waals surface area (Å²) in [7, 11) is 0. The number of thioether (sulfide) groups is 1. The normalized spacial score (nSPS) is 30.5. The van der Waals surface area contributed by atoms with E-state index in [1.54, 1.807) is 6.92 Å². The minimum absolute atomic E-state index is 0.196. The highest BCUT2D eigenvalue weighted by molar-refractivity contribution is 8.01. The molecule has 3 rings (SSSR count). The van der Waals surface area contributed by atoms with Crippen molar-refractivity contribution in [2.45, 2.75) is 48.9 Å². The third-order valence-corrected chi connectivity index (χ3v) is 6.76. The van der Waals surface area contributed by atoms with Crippen molar-refractivity contribution >= 4 is 29.5 Å². The van der Waals surface area contributed by atoms with Crippen molar-refractivity contribution < 1.29 is 19.5 Å². The zero-order valence-corrected chi connectivity index (χ0v) is 14.6. The fraction of sp³-hybridized carbons (Fsp3) is 0.471. The van der Waals surface area contributed by atoms with Crippen molar-refractivity contribution in [2.24, 2.45) is 0 Å². The van der Waals surface area contributed by atoms with Gasteiger partial charge in [0.15, 0.2) is 5.54 Å². The highest BCUT2D eigenvalue weighted by Crippen LogP contribution is 2.56. The van der Waals surface area contributed by atoms with Crippen molar-refractivity contribution in [3.63, 3.8) is 0 Å². The fourth-order valence-electron chi connectivity index (χ4n) is 3.27. The molecule has 2 heterocycles. The maximum atomic E-state index is 12.5. The van der Waals surface area contributed by atoms with Crippen molar-refractivity contribution in [1.82, 2.24) is 10.2 Å². The molecule has 2 aliphatic rings. The van der Waals surface area contributed by atoms with E-state index in [1.165, 1.54) is 16.7 Å². The second kappa shape index (κ2) is 5.51. The fourth-order valence-corrected chi connectivity index (χ4v) is 5.03. The topological polar surface area (TPSA) is 86.7 Å². The average Bonchev–Trinajstić information content (AvgIpc) is 2.71. The van der Waals surface area contributed by atoms with Gasteiger partial charge in [0.2, 0.25) is 11.8 Å². The minimum Gasteiger partial charge on any atom is -0.479 e. The van der Waals surface area contributed by atoms with Crippen LogP contribution in [0.2, 0.25) is 0 Å². The van der Waals surface area contributed by atoms with E-state index in [9.17, 15) is 19.5 Å². The Hall–Kier alpha value is -2.02. The molecule has 7 heteroatoms. The molecule has 0 aliphatic carbocycles. The third kappa shape index (κ3) is 2.30. The lowest BCUT2D eigenvalue weighted by molar-refractivity contribution is -0.170. The van der Waals surface area contributed by atoms with Crippen LogP contribution in [0, 0.1) is 0 Å². The summed E-state index contributed by atoms with van der Waals surface area (Å²) >= 11 is 1.42. The highest BCUT2D eigenvalue weighted by atomic mass is 32.2. The SMILES string of the molecule is CC1(C)S[C@@H]2[C@H](NC(=O)Cc3ccccc3)C(=O)N2[C@@]1(C)C(=O)O. The Morgan fingerprint density at radius 2 is 1.88 bits per heavy atom. The number of carbonyl (C=O) groups excluding carboxylic acids is 2. The number of hydrogen-bond donors (Lipinski definition) is 2. The van der Waals surface area contributed by atoms with Crippen LogP contribution < -0.4 is 5.32 Å². The molecule has 6 nitrogen and oxygen atoms in total. The van der Waals surface area contributed by atoms with E-state index in [2.05, 4.69) is 5.32 Å². The van der Waals surface area contributed by atoms with Crippen LogP contribution in [0.3, 0.4) is 0 Å². The molecular formula is C17H20N2O4S. The monoisotopic (exact) mass is 348 g/mol. The first-order valence-electron chi connectivity index (χ1n) is 7.76. The summed E-state index contributed by atoms with van der Waals surface area (Å²) in [6.45, 7) is 5.21. The lowest BCUT2D eigenvalue weighted by atomic mass is 9.82. The predicted molar refractivity (Wildman–Crippen MR) is 90.4 cm³/mol. The number of nitrogens with one attached hydrogen (secondary N) is 1. The Balaban J connectivity index is 1.72. The maximum absolute atomic E-state index is 12.5. The standard InChI is InChI=1S/C17H20N2O4S/c1-16(2)17(3,15(22)23)19-13(21)12(14(19)24-16)18-11(20)9-10-7-5-4-6-8-10/h4-8,12,14H,9H2,1-3H3,(H,18,20)(H,22,23)/t12-,14-,17+/m1/s1. The van der Waals surface area contributed by atoms with Crippen LogP contribution in [-0.4, -0.2) is 49.5 Å². The molecule has 0 spiro atoms. The van der Waals surface area contributed by atoms with Crippen LogP contribution in [0.1, 0.15) is 26.3 Å². The molecule has 2 saturated heterocycles. The molecule has 2 amide bonds.